The van der Waals surface area contributed by atoms with Gasteiger partial charge in [-0.15, -0.1) is 0 Å². The van der Waals surface area contributed by atoms with E-state index in [0.717, 1.165) is 12.8 Å². The van der Waals surface area contributed by atoms with Crippen LogP contribution in [0.1, 0.15) is 50.8 Å². The second kappa shape index (κ2) is 9.52. The molecule has 0 aliphatic rings. The monoisotopic (exact) mass is 368 g/mol. The Balaban J connectivity index is 2.08. The number of carbonyl (C=O) groups is 3. The number of hydrogen-bond donors (Lipinski definition) is 1. The molecule has 0 unspecified atom stereocenters. The Morgan fingerprint density at radius 2 is 1.67 bits per heavy atom. The quantitative estimate of drug-likeness (QED) is 0.758. The van der Waals surface area contributed by atoms with Crippen LogP contribution >= 0.6 is 0 Å². The lowest BCUT2D eigenvalue weighted by atomic mass is 10.1. The molecule has 2 aromatic carbocycles. The minimum atomic E-state index is -0.439. The van der Waals surface area contributed by atoms with Crippen LogP contribution < -0.4 is 5.32 Å². The van der Waals surface area contributed by atoms with Gasteiger partial charge in [0.15, 0.2) is 0 Å². The largest absolute Gasteiger partial charge is 0.465 e. The molecule has 0 saturated heterocycles. The minimum absolute atomic E-state index is 0.111. The van der Waals surface area contributed by atoms with E-state index in [1.807, 2.05) is 0 Å². The van der Waals surface area contributed by atoms with Crippen molar-refractivity contribution in [1.29, 1.82) is 0 Å². The summed E-state index contributed by atoms with van der Waals surface area (Å²) >= 11 is 0. The molecule has 2 rings (SSSR count). The number of anilines is 1. The van der Waals surface area contributed by atoms with Gasteiger partial charge in [0.25, 0.3) is 11.8 Å². The predicted molar refractivity (Wildman–Crippen MR) is 104 cm³/mol. The number of methoxy groups -OCH3 is 1. The Kier molecular flexibility index (Phi) is 7.11. The number of nitrogens with zero attached hydrogens (tertiary/aromatic N) is 1. The lowest BCUT2D eigenvalue weighted by Crippen LogP contribution is -2.28. The molecule has 2 aromatic rings. The Morgan fingerprint density at radius 1 is 1.00 bits per heavy atom. The first kappa shape index (κ1) is 20.2. The number of benzene rings is 2. The molecule has 6 nitrogen and oxygen atoms in total. The summed E-state index contributed by atoms with van der Waals surface area (Å²) < 4.78 is 4.64. The first-order valence-electron chi connectivity index (χ1n) is 8.81. The number of unbranched alkanes of at least 4 members (excludes halogenated alkanes) is 1. The van der Waals surface area contributed by atoms with Gasteiger partial charge in [-0.05, 0) is 48.9 Å². The first-order valence-corrected chi connectivity index (χ1v) is 8.81. The molecule has 0 spiro atoms. The van der Waals surface area contributed by atoms with Crippen molar-refractivity contribution >= 4 is 23.5 Å². The van der Waals surface area contributed by atoms with Gasteiger partial charge in [-0.3, -0.25) is 9.59 Å². The number of hydrogen-bond acceptors (Lipinski definition) is 4. The van der Waals surface area contributed by atoms with Crippen molar-refractivity contribution in [1.82, 2.24) is 4.90 Å². The number of carbonyl (C=O) groups excluding carboxylic acids is 3. The van der Waals surface area contributed by atoms with E-state index in [1.165, 1.54) is 7.11 Å². The average molecular weight is 368 g/mol. The number of nitrogens with one attached hydrogen (secondary N) is 1. The normalized spacial score (nSPS) is 10.2. The second-order valence-corrected chi connectivity index (χ2v) is 6.18. The van der Waals surface area contributed by atoms with Crippen LogP contribution in [0.5, 0.6) is 0 Å². The van der Waals surface area contributed by atoms with Crippen LogP contribution in [0.25, 0.3) is 0 Å². The predicted octanol–water partition coefficient (Wildman–Crippen LogP) is 3.60. The number of ether oxygens (including phenoxy) is 1. The van der Waals surface area contributed by atoms with Crippen molar-refractivity contribution in [2.75, 3.05) is 26.0 Å². The van der Waals surface area contributed by atoms with Gasteiger partial charge in [-0.1, -0.05) is 19.4 Å². The highest BCUT2D eigenvalue weighted by molar-refractivity contribution is 6.06. The molecular weight excluding hydrogens is 344 g/mol. The smallest absolute Gasteiger partial charge is 0.337 e. The second-order valence-electron chi connectivity index (χ2n) is 6.18. The number of amides is 2. The van der Waals surface area contributed by atoms with Gasteiger partial charge >= 0.3 is 5.97 Å². The van der Waals surface area contributed by atoms with E-state index in [9.17, 15) is 14.4 Å². The Bertz CT molecular complexity index is 815. The molecule has 2 amide bonds. The van der Waals surface area contributed by atoms with Gasteiger partial charge in [0.05, 0.1) is 12.7 Å². The van der Waals surface area contributed by atoms with Crippen LogP contribution in [-0.2, 0) is 4.74 Å². The molecule has 0 saturated carbocycles. The molecule has 0 atom stereocenters. The van der Waals surface area contributed by atoms with Crippen molar-refractivity contribution < 1.29 is 19.1 Å². The molecule has 27 heavy (non-hydrogen) atoms. The first-order chi connectivity index (χ1) is 13.0. The summed E-state index contributed by atoms with van der Waals surface area (Å²) in [5.74, 6) is -0.876. The molecule has 0 bridgehead atoms. The van der Waals surface area contributed by atoms with Gasteiger partial charge in [0.1, 0.15) is 0 Å². The third-order valence-electron chi connectivity index (χ3n) is 4.13. The third kappa shape index (κ3) is 5.41. The topological polar surface area (TPSA) is 75.7 Å². The van der Waals surface area contributed by atoms with Crippen LogP contribution in [0, 0.1) is 0 Å². The van der Waals surface area contributed by atoms with E-state index < -0.39 is 5.97 Å². The van der Waals surface area contributed by atoms with E-state index in [4.69, 9.17) is 0 Å². The van der Waals surface area contributed by atoms with Crippen molar-refractivity contribution in [2.24, 2.45) is 0 Å². The molecule has 6 heteroatoms. The standard InChI is InChI=1S/C21H24N2O4/c1-4-5-13-23(2)20(25)17-8-6-7-16(14-17)19(24)22-18-11-9-15(10-12-18)21(26)27-3/h6-12,14H,4-5,13H2,1-3H3,(H,22,24). The molecule has 1 N–H and O–H groups in total. The van der Waals surface area contributed by atoms with E-state index >= 15 is 0 Å². The number of rotatable bonds is 7. The van der Waals surface area contributed by atoms with Gasteiger partial charge < -0.3 is 15.0 Å². The summed E-state index contributed by atoms with van der Waals surface area (Å²) in [5, 5.41) is 2.76. The highest BCUT2D eigenvalue weighted by atomic mass is 16.5. The van der Waals surface area contributed by atoms with E-state index in [2.05, 4.69) is 17.0 Å². The highest BCUT2D eigenvalue weighted by Crippen LogP contribution is 2.14. The Labute approximate surface area is 159 Å². The Morgan fingerprint density at radius 3 is 2.30 bits per heavy atom. The zero-order chi connectivity index (χ0) is 19.8. The van der Waals surface area contributed by atoms with Crippen LogP contribution in [0.15, 0.2) is 48.5 Å². The van der Waals surface area contributed by atoms with E-state index in [0.29, 0.717) is 28.9 Å². The van der Waals surface area contributed by atoms with E-state index in [-0.39, 0.29) is 11.8 Å². The summed E-state index contributed by atoms with van der Waals surface area (Å²) in [6, 6.07) is 13.0. The summed E-state index contributed by atoms with van der Waals surface area (Å²) in [6.45, 7) is 2.75. The molecule has 0 radical (unpaired) electrons. The summed E-state index contributed by atoms with van der Waals surface area (Å²) in [7, 11) is 3.07. The molecule has 0 fully saturated rings. The van der Waals surface area contributed by atoms with Gasteiger partial charge in [-0.2, -0.15) is 0 Å². The number of esters is 1. The maximum atomic E-state index is 12.5. The van der Waals surface area contributed by atoms with Gasteiger partial charge in [0, 0.05) is 30.4 Å². The molecule has 0 aliphatic carbocycles. The van der Waals surface area contributed by atoms with Crippen molar-refractivity contribution in [3.8, 4) is 0 Å². The van der Waals surface area contributed by atoms with Gasteiger partial charge in [-0.25, -0.2) is 4.79 Å². The fraction of sp³-hybridized carbons (Fsp3) is 0.286. The molecule has 142 valence electrons. The molecular formula is C21H24N2O4. The van der Waals surface area contributed by atoms with Crippen LogP contribution in [0.3, 0.4) is 0 Å². The fourth-order valence-electron chi connectivity index (χ4n) is 2.52. The minimum Gasteiger partial charge on any atom is -0.465 e. The fourth-order valence-corrected chi connectivity index (χ4v) is 2.52. The average Bonchev–Trinajstić information content (AvgIpc) is 2.71. The zero-order valence-corrected chi connectivity index (χ0v) is 15.8. The van der Waals surface area contributed by atoms with Crippen LogP contribution in [-0.4, -0.2) is 43.4 Å². The maximum Gasteiger partial charge on any atom is 0.337 e. The third-order valence-corrected chi connectivity index (χ3v) is 4.13. The van der Waals surface area contributed by atoms with Gasteiger partial charge in [0.2, 0.25) is 0 Å². The molecule has 0 heterocycles. The lowest BCUT2D eigenvalue weighted by molar-refractivity contribution is 0.0600. The van der Waals surface area contributed by atoms with Crippen LogP contribution in [0.4, 0.5) is 5.69 Å². The molecule has 0 aliphatic heterocycles. The zero-order valence-electron chi connectivity index (χ0n) is 15.8. The van der Waals surface area contributed by atoms with Crippen molar-refractivity contribution in [3.63, 3.8) is 0 Å². The van der Waals surface area contributed by atoms with Crippen LogP contribution in [0.2, 0.25) is 0 Å². The van der Waals surface area contributed by atoms with Crippen molar-refractivity contribution in [3.05, 3.63) is 65.2 Å². The molecule has 0 aromatic heterocycles. The summed E-state index contributed by atoms with van der Waals surface area (Å²) in [5.41, 5.74) is 1.81. The maximum absolute atomic E-state index is 12.5. The summed E-state index contributed by atoms with van der Waals surface area (Å²) in [6.07, 6.45) is 1.94. The van der Waals surface area contributed by atoms with E-state index in [1.54, 1.807) is 60.5 Å². The SMILES string of the molecule is CCCCN(C)C(=O)c1cccc(C(=O)Nc2ccc(C(=O)OC)cc2)c1. The summed E-state index contributed by atoms with van der Waals surface area (Å²) in [4.78, 5) is 38.0. The lowest BCUT2D eigenvalue weighted by Gasteiger charge is -2.17. The van der Waals surface area contributed by atoms with Crippen molar-refractivity contribution in [2.45, 2.75) is 19.8 Å². The Hall–Kier alpha value is -3.15. The highest BCUT2D eigenvalue weighted by Gasteiger charge is 2.14.